The molecule has 1 aromatic rings. The first-order chi connectivity index (χ1) is 11.0. The summed E-state index contributed by atoms with van der Waals surface area (Å²) >= 11 is 0. The Morgan fingerprint density at radius 1 is 1.38 bits per heavy atom. The van der Waals surface area contributed by atoms with Gasteiger partial charge in [0.05, 0.1) is 19.2 Å². The van der Waals surface area contributed by atoms with Crippen LogP contribution in [0.5, 0.6) is 5.75 Å². The average Bonchev–Trinajstić information content (AvgIpc) is 3.34. The minimum atomic E-state index is -2.47. The molecule has 2 rings (SSSR count). The Morgan fingerprint density at radius 3 is 2.62 bits per heavy atom. The number of hydrogen-bond donors (Lipinski definition) is 2. The Bertz CT molecular complexity index is 553. The molecule has 0 aliphatic heterocycles. The van der Waals surface area contributed by atoms with Crippen LogP contribution in [0.15, 0.2) is 23.2 Å². The van der Waals surface area contributed by atoms with Crippen molar-refractivity contribution < 1.29 is 17.9 Å². The molecule has 4 nitrogen and oxygen atoms in total. The first-order valence-electron chi connectivity index (χ1n) is 7.67. The van der Waals surface area contributed by atoms with Crippen molar-refractivity contribution in [1.29, 1.82) is 0 Å². The molecule has 0 spiro atoms. The molecule has 1 aliphatic rings. The van der Waals surface area contributed by atoms with Gasteiger partial charge in [0.25, 0.3) is 6.43 Å². The van der Waals surface area contributed by atoms with Gasteiger partial charge in [0.15, 0.2) is 17.5 Å². The molecule has 8 heteroatoms. The lowest BCUT2D eigenvalue weighted by molar-refractivity contribution is 0.152. The topological polar surface area (TPSA) is 45.7 Å². The Hall–Kier alpha value is -1.19. The molecule has 136 valence electrons. The number of benzene rings is 1. The van der Waals surface area contributed by atoms with Crippen LogP contribution in [0.2, 0.25) is 0 Å². The van der Waals surface area contributed by atoms with Crippen LogP contribution in [0.25, 0.3) is 0 Å². The highest BCUT2D eigenvalue weighted by atomic mass is 127. The molecule has 0 radical (unpaired) electrons. The maximum absolute atomic E-state index is 14.1. The molecule has 24 heavy (non-hydrogen) atoms. The standard InChI is InChI=1S/C16H22F3N3O.HI/c1-10(22-16(20-2)21-8-15(18)19)12-5-6-14(13(17)7-12)23-9-11-3-4-11;/h5-7,10-11,15H,3-4,8-9H2,1-2H3,(H2,20,21,22);1H. The van der Waals surface area contributed by atoms with Crippen LogP contribution in [-0.2, 0) is 0 Å². The predicted molar refractivity (Wildman–Crippen MR) is 99.0 cm³/mol. The van der Waals surface area contributed by atoms with Gasteiger partial charge in [-0.05, 0) is 43.4 Å². The highest BCUT2D eigenvalue weighted by Crippen LogP contribution is 2.30. The summed E-state index contributed by atoms with van der Waals surface area (Å²) in [6.07, 6.45) is -0.180. The average molecular weight is 457 g/mol. The van der Waals surface area contributed by atoms with Gasteiger partial charge in [-0.2, -0.15) is 0 Å². The summed E-state index contributed by atoms with van der Waals surface area (Å²) in [6, 6.07) is 4.45. The molecule has 0 saturated heterocycles. The third-order valence-corrected chi connectivity index (χ3v) is 3.63. The van der Waals surface area contributed by atoms with E-state index in [-0.39, 0.29) is 41.7 Å². The van der Waals surface area contributed by atoms with Gasteiger partial charge in [-0.25, -0.2) is 13.2 Å². The van der Waals surface area contributed by atoms with Crippen molar-refractivity contribution in [3.63, 3.8) is 0 Å². The van der Waals surface area contributed by atoms with Gasteiger partial charge >= 0.3 is 0 Å². The molecule has 0 amide bonds. The minimum absolute atomic E-state index is 0. The number of halogens is 4. The van der Waals surface area contributed by atoms with Crippen LogP contribution >= 0.6 is 24.0 Å². The van der Waals surface area contributed by atoms with E-state index in [9.17, 15) is 13.2 Å². The van der Waals surface area contributed by atoms with E-state index >= 15 is 0 Å². The summed E-state index contributed by atoms with van der Waals surface area (Å²) < 4.78 is 43.9. The zero-order chi connectivity index (χ0) is 16.8. The van der Waals surface area contributed by atoms with Gasteiger partial charge in [0.1, 0.15) is 0 Å². The molecular weight excluding hydrogens is 434 g/mol. The molecule has 0 aromatic heterocycles. The summed E-state index contributed by atoms with van der Waals surface area (Å²) in [5, 5.41) is 5.45. The molecular formula is C16H23F3IN3O. The van der Waals surface area contributed by atoms with Crippen molar-refractivity contribution in [1.82, 2.24) is 10.6 Å². The molecule has 0 heterocycles. The Morgan fingerprint density at radius 2 is 2.08 bits per heavy atom. The van der Waals surface area contributed by atoms with Crippen LogP contribution in [0, 0.1) is 11.7 Å². The van der Waals surface area contributed by atoms with Gasteiger partial charge in [-0.3, -0.25) is 4.99 Å². The maximum Gasteiger partial charge on any atom is 0.255 e. The van der Waals surface area contributed by atoms with Crippen molar-refractivity contribution >= 4 is 29.9 Å². The zero-order valence-electron chi connectivity index (χ0n) is 13.7. The van der Waals surface area contributed by atoms with Gasteiger partial charge in [0.2, 0.25) is 0 Å². The molecule has 1 saturated carbocycles. The third kappa shape index (κ3) is 6.74. The summed E-state index contributed by atoms with van der Waals surface area (Å²) in [6.45, 7) is 1.86. The highest BCUT2D eigenvalue weighted by Gasteiger charge is 2.22. The zero-order valence-corrected chi connectivity index (χ0v) is 16.0. The third-order valence-electron chi connectivity index (χ3n) is 3.63. The largest absolute Gasteiger partial charge is 0.490 e. The van der Waals surface area contributed by atoms with E-state index < -0.39 is 18.8 Å². The van der Waals surface area contributed by atoms with E-state index in [1.165, 1.54) is 13.1 Å². The quantitative estimate of drug-likeness (QED) is 0.373. The summed E-state index contributed by atoms with van der Waals surface area (Å²) in [5.74, 6) is 0.617. The smallest absolute Gasteiger partial charge is 0.255 e. The number of ether oxygens (including phenoxy) is 1. The number of hydrogen-bond acceptors (Lipinski definition) is 2. The number of nitrogens with one attached hydrogen (secondary N) is 2. The van der Waals surface area contributed by atoms with Crippen LogP contribution in [-0.4, -0.2) is 32.6 Å². The number of nitrogens with zero attached hydrogens (tertiary/aromatic N) is 1. The van der Waals surface area contributed by atoms with Crippen molar-refractivity contribution in [2.24, 2.45) is 10.9 Å². The second kappa shape index (κ2) is 9.95. The van der Waals surface area contributed by atoms with Crippen molar-refractivity contribution in [3.05, 3.63) is 29.6 Å². The van der Waals surface area contributed by atoms with Crippen molar-refractivity contribution in [2.45, 2.75) is 32.2 Å². The van der Waals surface area contributed by atoms with Gasteiger partial charge in [-0.15, -0.1) is 24.0 Å². The monoisotopic (exact) mass is 457 g/mol. The molecule has 1 atom stereocenters. The van der Waals surface area contributed by atoms with Crippen LogP contribution in [0.4, 0.5) is 13.2 Å². The first kappa shape index (κ1) is 20.9. The van der Waals surface area contributed by atoms with E-state index in [0.717, 1.165) is 12.8 Å². The van der Waals surface area contributed by atoms with E-state index in [1.807, 2.05) is 0 Å². The maximum atomic E-state index is 14.1. The SMILES string of the molecule is CN=C(NCC(F)F)NC(C)c1ccc(OCC2CC2)c(F)c1.I. The lowest BCUT2D eigenvalue weighted by Crippen LogP contribution is -2.40. The Balaban J connectivity index is 0.00000288. The second-order valence-corrected chi connectivity index (χ2v) is 5.65. The van der Waals surface area contributed by atoms with Gasteiger partial charge < -0.3 is 15.4 Å². The van der Waals surface area contributed by atoms with Crippen LogP contribution < -0.4 is 15.4 Å². The number of alkyl halides is 2. The molecule has 0 bridgehead atoms. The van der Waals surface area contributed by atoms with E-state index in [0.29, 0.717) is 18.1 Å². The second-order valence-electron chi connectivity index (χ2n) is 5.65. The van der Waals surface area contributed by atoms with Crippen LogP contribution in [0.3, 0.4) is 0 Å². The molecule has 1 aromatic carbocycles. The van der Waals surface area contributed by atoms with Gasteiger partial charge in [-0.1, -0.05) is 6.07 Å². The fraction of sp³-hybridized carbons (Fsp3) is 0.562. The van der Waals surface area contributed by atoms with Crippen LogP contribution in [0.1, 0.15) is 31.4 Å². The van der Waals surface area contributed by atoms with E-state index in [1.54, 1.807) is 19.1 Å². The molecule has 1 unspecified atom stereocenters. The fourth-order valence-electron chi connectivity index (χ4n) is 2.05. The summed E-state index contributed by atoms with van der Waals surface area (Å²) in [5.41, 5.74) is 0.682. The van der Waals surface area contributed by atoms with Crippen molar-refractivity contribution in [2.75, 3.05) is 20.2 Å². The molecule has 1 fully saturated rings. The highest BCUT2D eigenvalue weighted by molar-refractivity contribution is 14.0. The fourth-order valence-corrected chi connectivity index (χ4v) is 2.05. The minimum Gasteiger partial charge on any atom is -0.490 e. The number of aliphatic imine (C=N–C) groups is 1. The summed E-state index contributed by atoms with van der Waals surface area (Å²) in [7, 11) is 1.49. The van der Waals surface area contributed by atoms with E-state index in [4.69, 9.17) is 4.74 Å². The molecule has 1 aliphatic carbocycles. The first-order valence-corrected chi connectivity index (χ1v) is 7.67. The lowest BCUT2D eigenvalue weighted by Gasteiger charge is -2.19. The Labute approximate surface area is 157 Å². The normalized spacial score (nSPS) is 15.7. The van der Waals surface area contributed by atoms with E-state index in [2.05, 4.69) is 15.6 Å². The lowest BCUT2D eigenvalue weighted by atomic mass is 10.1. The Kier molecular flexibility index (Phi) is 8.65. The number of guanidine groups is 1. The van der Waals surface area contributed by atoms with Crippen molar-refractivity contribution in [3.8, 4) is 5.75 Å². The van der Waals surface area contributed by atoms with Gasteiger partial charge in [0, 0.05) is 7.05 Å². The summed E-state index contributed by atoms with van der Waals surface area (Å²) in [4.78, 5) is 3.86. The number of rotatable bonds is 7. The predicted octanol–water partition coefficient (Wildman–Crippen LogP) is 3.72. The molecule has 2 N–H and O–H groups in total.